The summed E-state index contributed by atoms with van der Waals surface area (Å²) in [4.78, 5) is 11.2. The molecule has 0 bridgehead atoms. The lowest BCUT2D eigenvalue weighted by molar-refractivity contribution is -0.191. The molecule has 0 aromatic rings. The van der Waals surface area contributed by atoms with Gasteiger partial charge in [-0.05, 0) is 6.92 Å². The maximum atomic E-state index is 11.2. The van der Waals surface area contributed by atoms with Crippen molar-refractivity contribution in [2.75, 3.05) is 7.11 Å². The van der Waals surface area contributed by atoms with Gasteiger partial charge < -0.3 is 9.47 Å². The molecular formula is C10H18O3. The normalized spacial score (nSPS) is 13.6. The Morgan fingerprint density at radius 2 is 1.85 bits per heavy atom. The third-order valence-corrected chi connectivity index (χ3v) is 1.48. The Morgan fingerprint density at radius 3 is 2.08 bits per heavy atom. The first-order valence-corrected chi connectivity index (χ1v) is 4.18. The Bertz CT molecular complexity index is 201. The van der Waals surface area contributed by atoms with Gasteiger partial charge in [0.25, 0.3) is 0 Å². The molecular weight excluding hydrogens is 168 g/mol. The van der Waals surface area contributed by atoms with Crippen molar-refractivity contribution < 1.29 is 14.3 Å². The number of esters is 1. The highest BCUT2D eigenvalue weighted by atomic mass is 16.7. The summed E-state index contributed by atoms with van der Waals surface area (Å²) in [6, 6.07) is 0. The Morgan fingerprint density at radius 1 is 1.38 bits per heavy atom. The van der Waals surface area contributed by atoms with Crippen LogP contribution in [0.4, 0.5) is 0 Å². The summed E-state index contributed by atoms with van der Waals surface area (Å²) in [7, 11) is 1.52. The molecule has 0 fully saturated rings. The highest BCUT2D eigenvalue weighted by Crippen LogP contribution is 2.23. The van der Waals surface area contributed by atoms with Gasteiger partial charge in [-0.15, -0.1) is 0 Å². The van der Waals surface area contributed by atoms with Crippen LogP contribution in [0.2, 0.25) is 0 Å². The van der Waals surface area contributed by atoms with Crippen LogP contribution in [0.1, 0.15) is 27.7 Å². The molecule has 0 aliphatic carbocycles. The van der Waals surface area contributed by atoms with E-state index in [1.807, 2.05) is 20.8 Å². The van der Waals surface area contributed by atoms with Gasteiger partial charge in [-0.2, -0.15) is 0 Å². The molecule has 3 heteroatoms. The zero-order chi connectivity index (χ0) is 10.6. The Balaban J connectivity index is 4.31. The van der Waals surface area contributed by atoms with Crippen molar-refractivity contribution in [1.29, 1.82) is 0 Å². The van der Waals surface area contributed by atoms with Gasteiger partial charge in [-0.1, -0.05) is 27.4 Å². The Hall–Kier alpha value is -0.830. The molecule has 1 atom stereocenters. The molecule has 0 N–H and O–H groups in total. The third-order valence-electron chi connectivity index (χ3n) is 1.48. The van der Waals surface area contributed by atoms with E-state index in [-0.39, 0.29) is 5.41 Å². The Labute approximate surface area is 79.7 Å². The first-order chi connectivity index (χ1) is 5.79. The van der Waals surface area contributed by atoms with E-state index >= 15 is 0 Å². The molecule has 0 spiro atoms. The zero-order valence-corrected chi connectivity index (χ0v) is 9.01. The third kappa shape index (κ3) is 4.08. The second-order valence-electron chi connectivity index (χ2n) is 4.12. The number of methoxy groups -OCH3 is 1. The van der Waals surface area contributed by atoms with Gasteiger partial charge in [0.15, 0.2) is 0 Å². The predicted molar refractivity (Wildman–Crippen MR) is 51.2 cm³/mol. The largest absolute Gasteiger partial charge is 0.432 e. The molecule has 13 heavy (non-hydrogen) atoms. The number of hydrogen-bond donors (Lipinski definition) is 0. The molecule has 0 heterocycles. The monoisotopic (exact) mass is 186 g/mol. The maximum absolute atomic E-state index is 11.2. The molecule has 0 radical (unpaired) electrons. The summed E-state index contributed by atoms with van der Waals surface area (Å²) in [5.41, 5.74) is 0.158. The lowest BCUT2D eigenvalue weighted by atomic mass is 9.96. The van der Waals surface area contributed by atoms with Gasteiger partial charge in [-0.3, -0.25) is 0 Å². The highest BCUT2D eigenvalue weighted by molar-refractivity contribution is 5.87. The van der Waals surface area contributed by atoms with Crippen molar-refractivity contribution in [3.05, 3.63) is 12.2 Å². The number of carbonyl (C=O) groups excluding carboxylic acids is 1. The van der Waals surface area contributed by atoms with Crippen LogP contribution >= 0.6 is 0 Å². The summed E-state index contributed by atoms with van der Waals surface area (Å²) in [6.45, 7) is 10.9. The molecule has 0 aliphatic rings. The fraction of sp³-hybridized carbons (Fsp3) is 0.700. The maximum Gasteiger partial charge on any atom is 0.335 e. The minimum Gasteiger partial charge on any atom is -0.432 e. The summed E-state index contributed by atoms with van der Waals surface area (Å²) < 4.78 is 10.1. The lowest BCUT2D eigenvalue weighted by Gasteiger charge is -2.28. The quantitative estimate of drug-likeness (QED) is 0.385. The fourth-order valence-corrected chi connectivity index (χ4v) is 0.776. The number of carbonyl (C=O) groups is 1. The van der Waals surface area contributed by atoms with Gasteiger partial charge in [0, 0.05) is 18.1 Å². The standard InChI is InChI=1S/C10H18O3/c1-7(2)8(11)13-9(12-6)10(3,4)5/h9H,1H2,2-6H3. The van der Waals surface area contributed by atoms with E-state index in [4.69, 9.17) is 9.47 Å². The highest BCUT2D eigenvalue weighted by Gasteiger charge is 2.28. The van der Waals surface area contributed by atoms with Crippen LogP contribution in [-0.4, -0.2) is 19.4 Å². The predicted octanol–water partition coefficient (Wildman–Crippen LogP) is 2.12. The van der Waals surface area contributed by atoms with Gasteiger partial charge >= 0.3 is 5.97 Å². The SMILES string of the molecule is C=C(C)C(=O)OC(OC)C(C)(C)C. The van der Waals surface area contributed by atoms with E-state index in [2.05, 4.69) is 6.58 Å². The van der Waals surface area contributed by atoms with Gasteiger partial charge in [0.2, 0.25) is 6.29 Å². The first kappa shape index (κ1) is 12.2. The van der Waals surface area contributed by atoms with Crippen LogP contribution < -0.4 is 0 Å². The molecule has 76 valence electrons. The summed E-state index contributed by atoms with van der Waals surface area (Å²) in [6.07, 6.45) is -0.531. The molecule has 0 aromatic carbocycles. The summed E-state index contributed by atoms with van der Waals surface area (Å²) in [5, 5.41) is 0. The molecule has 1 unspecified atom stereocenters. The van der Waals surface area contributed by atoms with E-state index < -0.39 is 12.3 Å². The fourth-order valence-electron chi connectivity index (χ4n) is 0.776. The number of hydrogen-bond acceptors (Lipinski definition) is 3. The van der Waals surface area contributed by atoms with Gasteiger partial charge in [-0.25, -0.2) is 4.79 Å². The summed E-state index contributed by atoms with van der Waals surface area (Å²) in [5.74, 6) is -0.415. The average molecular weight is 186 g/mol. The minimum atomic E-state index is -0.531. The van der Waals surface area contributed by atoms with Crippen LogP contribution in [0, 0.1) is 5.41 Å². The van der Waals surface area contributed by atoms with Crippen molar-refractivity contribution in [2.24, 2.45) is 5.41 Å². The van der Waals surface area contributed by atoms with Crippen LogP contribution in [0.5, 0.6) is 0 Å². The molecule has 0 amide bonds. The smallest absolute Gasteiger partial charge is 0.335 e. The number of rotatable bonds is 3. The zero-order valence-electron chi connectivity index (χ0n) is 9.01. The van der Waals surface area contributed by atoms with Crippen molar-refractivity contribution in [2.45, 2.75) is 34.0 Å². The van der Waals surface area contributed by atoms with Crippen LogP contribution in [0.25, 0.3) is 0 Å². The molecule has 0 rings (SSSR count). The van der Waals surface area contributed by atoms with Crippen molar-refractivity contribution in [1.82, 2.24) is 0 Å². The molecule has 0 aliphatic heterocycles. The molecule has 0 aromatic heterocycles. The van der Waals surface area contributed by atoms with E-state index in [9.17, 15) is 4.79 Å². The number of ether oxygens (including phenoxy) is 2. The second kappa shape index (κ2) is 4.42. The van der Waals surface area contributed by atoms with E-state index in [1.54, 1.807) is 6.92 Å². The van der Waals surface area contributed by atoms with Crippen molar-refractivity contribution in [3.8, 4) is 0 Å². The minimum absolute atomic E-state index is 0.222. The van der Waals surface area contributed by atoms with Gasteiger partial charge in [0.05, 0.1) is 0 Å². The molecule has 3 nitrogen and oxygen atoms in total. The van der Waals surface area contributed by atoms with Crippen LogP contribution in [-0.2, 0) is 14.3 Å². The van der Waals surface area contributed by atoms with Crippen LogP contribution in [0.15, 0.2) is 12.2 Å². The van der Waals surface area contributed by atoms with Gasteiger partial charge in [0.1, 0.15) is 0 Å². The van der Waals surface area contributed by atoms with E-state index in [1.165, 1.54) is 7.11 Å². The van der Waals surface area contributed by atoms with E-state index in [0.29, 0.717) is 5.57 Å². The van der Waals surface area contributed by atoms with Crippen molar-refractivity contribution >= 4 is 5.97 Å². The van der Waals surface area contributed by atoms with E-state index in [0.717, 1.165) is 0 Å². The molecule has 0 saturated carbocycles. The topological polar surface area (TPSA) is 35.5 Å². The van der Waals surface area contributed by atoms with Crippen molar-refractivity contribution in [3.63, 3.8) is 0 Å². The molecule has 0 saturated heterocycles. The Kier molecular flexibility index (Phi) is 4.14. The lowest BCUT2D eigenvalue weighted by Crippen LogP contribution is -2.33. The average Bonchev–Trinajstić information content (AvgIpc) is 1.96. The second-order valence-corrected chi connectivity index (χ2v) is 4.12. The summed E-state index contributed by atoms with van der Waals surface area (Å²) >= 11 is 0. The van der Waals surface area contributed by atoms with Crippen LogP contribution in [0.3, 0.4) is 0 Å². The first-order valence-electron chi connectivity index (χ1n) is 4.18.